The van der Waals surface area contributed by atoms with Gasteiger partial charge in [0.05, 0.1) is 26.1 Å². The normalized spacial score (nSPS) is 13.1. The van der Waals surface area contributed by atoms with E-state index in [2.05, 4.69) is 42.1 Å². The lowest BCUT2D eigenvalue weighted by Gasteiger charge is -2.23. The maximum atomic E-state index is 14.1. The third-order valence-corrected chi connectivity index (χ3v) is 14.9. The van der Waals surface area contributed by atoms with Gasteiger partial charge in [0.2, 0.25) is 27.0 Å². The molecule has 0 atom stereocenters. The molecule has 21 nitrogen and oxygen atoms in total. The summed E-state index contributed by atoms with van der Waals surface area (Å²) in [6.07, 6.45) is 0. The Morgan fingerprint density at radius 1 is 0.619 bits per heavy atom. The first-order valence-electron chi connectivity index (χ1n) is 16.9. The number of fused-ring (bicyclic) bond motifs is 4. The van der Waals surface area contributed by atoms with Crippen LogP contribution in [0.15, 0.2) is 113 Å². The van der Waals surface area contributed by atoms with Crippen LogP contribution >= 0.6 is 34.8 Å². The van der Waals surface area contributed by atoms with E-state index in [1.54, 1.807) is 0 Å². The van der Waals surface area contributed by atoms with Gasteiger partial charge < -0.3 is 31.6 Å². The van der Waals surface area contributed by atoms with E-state index >= 15 is 0 Å². The van der Waals surface area contributed by atoms with Crippen molar-refractivity contribution in [3.8, 4) is 23.0 Å². The van der Waals surface area contributed by atoms with Gasteiger partial charge in [0.15, 0.2) is 42.6 Å². The monoisotopic (exact) mass is 993 g/mol. The molecule has 1 aromatic heterocycles. The van der Waals surface area contributed by atoms with Crippen LogP contribution in [0.5, 0.6) is 23.0 Å². The Morgan fingerprint density at radius 3 is 1.59 bits per heavy atom. The summed E-state index contributed by atoms with van der Waals surface area (Å²) in [5.74, 6) is -2.22. The van der Waals surface area contributed by atoms with Crippen LogP contribution in [0.2, 0.25) is 15.3 Å². The van der Waals surface area contributed by atoms with E-state index in [-0.39, 0.29) is 44.2 Å². The Bertz CT molecular complexity index is 3620. The molecule has 0 saturated heterocycles. The fraction of sp³-hybridized carbons (Fsp3) is 0. The van der Waals surface area contributed by atoms with E-state index in [9.17, 15) is 42.8 Å². The molecule has 2 aliphatic heterocycles. The molecule has 0 bridgehead atoms. The molecule has 0 unspecified atom stereocenters. The molecule has 0 saturated carbocycles. The van der Waals surface area contributed by atoms with Gasteiger partial charge in [-0.05, 0) is 78.3 Å². The molecular formula is C35H22Cl3N9O12S4. The highest BCUT2D eigenvalue weighted by Crippen LogP contribution is 2.50. The maximum absolute atomic E-state index is 14.1. The smallest absolute Gasteiger partial charge is 0.300 e. The third kappa shape index (κ3) is 7.82. The van der Waals surface area contributed by atoms with Gasteiger partial charge in [-0.2, -0.15) is 31.8 Å². The Labute approximate surface area is 370 Å². The number of nitrogens with two attached hydrogens (primary N) is 2. The SMILES string of the molecule is C=CS(=O)(=O)c1ccc(Nc2nc(Cl)nc(Nc3ccc(S(=O)(=O)c4cc5c(c(S(=O)(=O)O)c4N)Oc4c(Cl)c6c(c(Cl)c4=N5)Oc4c(ccc(N)c4S(=O)(=O)O)N=6)cc3)n2)cc1. The Balaban J connectivity index is 1.14. The number of aromatic nitrogens is 3. The molecule has 28 heteroatoms. The van der Waals surface area contributed by atoms with Crippen LogP contribution in [0.1, 0.15) is 0 Å². The number of sulfone groups is 2. The van der Waals surface area contributed by atoms with Crippen LogP contribution in [0.25, 0.3) is 0 Å². The number of hydrogen-bond donors (Lipinski definition) is 6. The van der Waals surface area contributed by atoms with Gasteiger partial charge in [-0.1, -0.05) is 29.8 Å². The third-order valence-electron chi connectivity index (χ3n) is 8.95. The zero-order valence-corrected chi connectivity index (χ0v) is 36.3. The number of anilines is 6. The predicted molar refractivity (Wildman–Crippen MR) is 227 cm³/mol. The highest BCUT2D eigenvalue weighted by Gasteiger charge is 2.37. The summed E-state index contributed by atoms with van der Waals surface area (Å²) in [7, 11) is -18.8. The fourth-order valence-corrected chi connectivity index (χ4v) is 10.5. The van der Waals surface area contributed by atoms with Crippen molar-refractivity contribution in [1.29, 1.82) is 0 Å². The van der Waals surface area contributed by atoms with Crippen LogP contribution in [0.4, 0.5) is 46.0 Å². The van der Waals surface area contributed by atoms with Crippen LogP contribution < -0.4 is 42.3 Å². The average Bonchev–Trinajstić information content (AvgIpc) is 3.20. The molecule has 0 radical (unpaired) electrons. The number of halogens is 3. The summed E-state index contributed by atoms with van der Waals surface area (Å²) >= 11 is 19.4. The Kier molecular flexibility index (Phi) is 10.5. The van der Waals surface area contributed by atoms with Crippen LogP contribution in [0, 0.1) is 0 Å². The molecule has 63 heavy (non-hydrogen) atoms. The van der Waals surface area contributed by atoms with Gasteiger partial charge in [-0.3, -0.25) is 9.11 Å². The van der Waals surface area contributed by atoms with E-state index in [0.717, 1.165) is 29.7 Å². The van der Waals surface area contributed by atoms with Crippen LogP contribution in [-0.4, -0.2) is 57.7 Å². The summed E-state index contributed by atoms with van der Waals surface area (Å²) in [5.41, 5.74) is 10.6. The summed E-state index contributed by atoms with van der Waals surface area (Å²) < 4.78 is 134. The van der Waals surface area contributed by atoms with Crippen molar-refractivity contribution >= 4 is 121 Å². The van der Waals surface area contributed by atoms with Crippen molar-refractivity contribution in [1.82, 2.24) is 15.0 Å². The van der Waals surface area contributed by atoms with E-state index in [0.29, 0.717) is 5.69 Å². The Morgan fingerprint density at radius 2 is 1.10 bits per heavy atom. The summed E-state index contributed by atoms with van der Waals surface area (Å²) in [4.78, 5) is 17.5. The lowest BCUT2D eigenvalue weighted by atomic mass is 10.2. The minimum atomic E-state index is -5.39. The number of nitrogen functional groups attached to an aromatic ring is 2. The van der Waals surface area contributed by atoms with Gasteiger partial charge in [-0.25, -0.2) is 26.8 Å². The van der Waals surface area contributed by atoms with Gasteiger partial charge >= 0.3 is 0 Å². The van der Waals surface area contributed by atoms with Crippen LogP contribution in [0.3, 0.4) is 0 Å². The molecule has 324 valence electrons. The summed E-state index contributed by atoms with van der Waals surface area (Å²) in [6.45, 7) is 3.29. The molecule has 5 aromatic carbocycles. The van der Waals surface area contributed by atoms with Gasteiger partial charge in [0.1, 0.15) is 32.1 Å². The van der Waals surface area contributed by atoms with Crippen molar-refractivity contribution in [2.75, 3.05) is 22.1 Å². The topological polar surface area (TPSA) is 335 Å². The molecule has 6 aromatic rings. The minimum absolute atomic E-state index is 0.00929. The second-order valence-corrected chi connectivity index (χ2v) is 20.5. The number of rotatable bonds is 10. The number of nitrogens with zero attached hydrogens (tertiary/aromatic N) is 5. The summed E-state index contributed by atoms with van der Waals surface area (Å²) in [5, 5.41) is 4.80. The van der Waals surface area contributed by atoms with E-state index in [1.807, 2.05) is 0 Å². The Hall–Kier alpha value is -6.16. The molecular weight excluding hydrogens is 973 g/mol. The van der Waals surface area contributed by atoms with E-state index in [4.69, 9.17) is 55.7 Å². The van der Waals surface area contributed by atoms with Crippen molar-refractivity contribution in [3.05, 3.63) is 105 Å². The molecule has 8 rings (SSSR count). The molecule has 3 heterocycles. The van der Waals surface area contributed by atoms with Gasteiger partial charge in [0, 0.05) is 16.8 Å². The fourth-order valence-electron chi connectivity index (χ4n) is 6.14. The molecule has 2 aliphatic rings. The van der Waals surface area contributed by atoms with Crippen LogP contribution in [-0.2, 0) is 39.9 Å². The second-order valence-electron chi connectivity index (χ2n) is 12.9. The molecule has 0 spiro atoms. The van der Waals surface area contributed by atoms with Crippen molar-refractivity contribution < 1.29 is 52.3 Å². The molecule has 0 fully saturated rings. The maximum Gasteiger partial charge on any atom is 0.300 e. The van der Waals surface area contributed by atoms with Crippen molar-refractivity contribution in [2.45, 2.75) is 24.5 Å². The predicted octanol–water partition coefficient (Wildman–Crippen LogP) is 5.84. The van der Waals surface area contributed by atoms with Gasteiger partial charge in [-0.15, -0.1) is 0 Å². The zero-order valence-electron chi connectivity index (χ0n) is 30.8. The lowest BCUT2D eigenvalue weighted by Crippen LogP contribution is -2.24. The van der Waals surface area contributed by atoms with Gasteiger partial charge in [0.25, 0.3) is 20.2 Å². The highest BCUT2D eigenvalue weighted by atomic mass is 35.5. The summed E-state index contributed by atoms with van der Waals surface area (Å²) in [6, 6.07) is 13.7. The van der Waals surface area contributed by atoms with Crippen molar-refractivity contribution in [3.63, 3.8) is 0 Å². The second kappa shape index (κ2) is 15.3. The standard InChI is InChI=1S/C35H22Cl3N9O12S4/c1-2-60(48,49)16-7-3-14(4-8-16)41-34-45-33(38)46-35(47-34)42-15-5-9-17(10-6-15)61(50,51)21-13-20-28(32(24(21)40)63(55,56)57)59-30-22(36)25-29(23(37)26(30)44-20)58-27-19(43-25)12-11-18(39)31(27)62(52,53)54/h2-13H,1,39-40H2,(H,52,53,54)(H,55,56,57)(H2,41,42,45,46,47). The zero-order chi connectivity index (χ0) is 45.6. The first-order valence-corrected chi connectivity index (χ1v) is 24.0. The first kappa shape index (κ1) is 43.5. The number of nitrogens with one attached hydrogen (secondary N) is 2. The quantitative estimate of drug-likeness (QED) is 0.0692. The number of benzene rings is 5. The number of hydrogen-bond acceptors (Lipinski definition) is 19. The minimum Gasteiger partial charge on any atom is -0.450 e. The van der Waals surface area contributed by atoms with E-state index < -0.39 is 110 Å². The lowest BCUT2D eigenvalue weighted by molar-refractivity contribution is 0.428. The first-order chi connectivity index (χ1) is 29.5. The number of ether oxygens (including phenoxy) is 2. The largest absolute Gasteiger partial charge is 0.450 e. The average molecular weight is 995 g/mol. The molecule has 8 N–H and O–H groups in total. The molecule has 0 aliphatic carbocycles. The van der Waals surface area contributed by atoms with E-state index in [1.165, 1.54) is 42.5 Å². The highest BCUT2D eigenvalue weighted by molar-refractivity contribution is 7.94. The van der Waals surface area contributed by atoms with Crippen molar-refractivity contribution in [2.24, 2.45) is 9.98 Å². The molecule has 0 amide bonds.